The Hall–Kier alpha value is -1.52. The van der Waals surface area contributed by atoms with Crippen LogP contribution in [-0.4, -0.2) is 28.1 Å². The number of hydrogen-bond donors (Lipinski definition) is 0. The van der Waals surface area contributed by atoms with Crippen LogP contribution in [-0.2, 0) is 4.74 Å². The number of rotatable bonds is 3. The van der Waals surface area contributed by atoms with Crippen molar-refractivity contribution < 1.29 is 14.3 Å². The summed E-state index contributed by atoms with van der Waals surface area (Å²) in [5.74, 6) is 0.471. The van der Waals surface area contributed by atoms with Crippen LogP contribution in [0.5, 0.6) is 5.88 Å². The van der Waals surface area contributed by atoms with E-state index in [1.807, 2.05) is 20.8 Å². The van der Waals surface area contributed by atoms with Gasteiger partial charge in [-0.25, -0.2) is 4.79 Å². The fourth-order valence-corrected chi connectivity index (χ4v) is 1.97. The third-order valence-corrected chi connectivity index (χ3v) is 3.27. The van der Waals surface area contributed by atoms with Gasteiger partial charge >= 0.3 is 6.09 Å². The lowest BCUT2D eigenvalue weighted by molar-refractivity contribution is 0.0503. The van der Waals surface area contributed by atoms with Gasteiger partial charge in [-0.3, -0.25) is 0 Å². The van der Waals surface area contributed by atoms with Gasteiger partial charge in [0.05, 0.1) is 6.61 Å². The Kier molecular flexibility index (Phi) is 3.56. The number of carbonyl (C=O) groups is 1. The number of ether oxygens (including phenoxy) is 2. The molecule has 19 heavy (non-hydrogen) atoms. The van der Waals surface area contributed by atoms with Crippen molar-refractivity contribution in [3.8, 4) is 5.88 Å². The van der Waals surface area contributed by atoms with E-state index in [9.17, 15) is 4.79 Å². The van der Waals surface area contributed by atoms with E-state index in [0.29, 0.717) is 12.5 Å². The largest absolute Gasteiger partial charge is 0.476 e. The average molecular weight is 266 g/mol. The number of hydrogen-bond acceptors (Lipinski definition) is 4. The lowest BCUT2D eigenvalue weighted by Gasteiger charge is -2.37. The number of nitrogens with zero attached hydrogens (tertiary/aromatic N) is 2. The third kappa shape index (κ3) is 3.72. The van der Waals surface area contributed by atoms with E-state index in [2.05, 4.69) is 12.0 Å². The Balaban J connectivity index is 1.89. The molecule has 1 aromatic rings. The number of carbonyl (C=O) groups excluding carboxylic acids is 1. The molecule has 0 bridgehead atoms. The second-order valence-corrected chi connectivity index (χ2v) is 6.53. The second-order valence-electron chi connectivity index (χ2n) is 6.53. The summed E-state index contributed by atoms with van der Waals surface area (Å²) >= 11 is 0. The zero-order chi connectivity index (χ0) is 14.1. The van der Waals surface area contributed by atoms with Crippen LogP contribution in [0.25, 0.3) is 0 Å². The van der Waals surface area contributed by atoms with Crippen molar-refractivity contribution in [2.45, 2.75) is 52.6 Å². The summed E-state index contributed by atoms with van der Waals surface area (Å²) < 4.78 is 12.0. The molecular weight excluding hydrogens is 244 g/mol. The quantitative estimate of drug-likeness (QED) is 0.842. The van der Waals surface area contributed by atoms with Crippen LogP contribution in [0.1, 0.15) is 47.0 Å². The summed E-state index contributed by atoms with van der Waals surface area (Å²) in [5, 5.41) is 4.08. The standard InChI is InChI=1S/C14H22N2O3/c1-13(2,3)19-12(17)16-9-6-11(15-16)18-10-14(4)7-5-8-14/h6,9H,5,7-8,10H2,1-4H3. The topological polar surface area (TPSA) is 53.4 Å². The fourth-order valence-electron chi connectivity index (χ4n) is 1.97. The van der Waals surface area contributed by atoms with Crippen molar-refractivity contribution in [2.24, 2.45) is 5.41 Å². The van der Waals surface area contributed by atoms with Crippen molar-refractivity contribution in [3.05, 3.63) is 12.3 Å². The van der Waals surface area contributed by atoms with Crippen LogP contribution in [0.4, 0.5) is 4.79 Å². The Morgan fingerprint density at radius 2 is 2.16 bits per heavy atom. The van der Waals surface area contributed by atoms with Crippen LogP contribution in [0, 0.1) is 5.41 Å². The monoisotopic (exact) mass is 266 g/mol. The van der Waals surface area contributed by atoms with E-state index in [1.165, 1.54) is 23.9 Å². The highest BCUT2D eigenvalue weighted by Crippen LogP contribution is 2.40. The predicted molar refractivity (Wildman–Crippen MR) is 71.3 cm³/mol. The highest BCUT2D eigenvalue weighted by atomic mass is 16.6. The normalized spacial score (nSPS) is 17.7. The molecular formula is C14H22N2O3. The van der Waals surface area contributed by atoms with Crippen LogP contribution in [0.2, 0.25) is 0 Å². The van der Waals surface area contributed by atoms with Crippen molar-refractivity contribution >= 4 is 6.09 Å². The van der Waals surface area contributed by atoms with Crippen LogP contribution < -0.4 is 4.74 Å². The molecule has 1 aliphatic rings. The van der Waals surface area contributed by atoms with Gasteiger partial charge in [-0.2, -0.15) is 4.68 Å². The average Bonchev–Trinajstić information content (AvgIpc) is 2.70. The Bertz CT molecular complexity index is 456. The molecule has 106 valence electrons. The lowest BCUT2D eigenvalue weighted by atomic mass is 9.71. The highest BCUT2D eigenvalue weighted by molar-refractivity contribution is 5.69. The van der Waals surface area contributed by atoms with Gasteiger partial charge in [-0.15, -0.1) is 5.10 Å². The zero-order valence-electron chi connectivity index (χ0n) is 12.1. The SMILES string of the molecule is CC1(COc2ccn(C(=O)OC(C)(C)C)n2)CCC1. The molecule has 0 spiro atoms. The maximum absolute atomic E-state index is 11.8. The van der Waals surface area contributed by atoms with E-state index < -0.39 is 11.7 Å². The van der Waals surface area contributed by atoms with Gasteiger partial charge in [0.25, 0.3) is 0 Å². The van der Waals surface area contributed by atoms with Gasteiger partial charge in [0.15, 0.2) is 0 Å². The fraction of sp³-hybridized carbons (Fsp3) is 0.714. The zero-order valence-corrected chi connectivity index (χ0v) is 12.1. The molecule has 0 saturated heterocycles. The molecule has 0 amide bonds. The molecule has 1 heterocycles. The summed E-state index contributed by atoms with van der Waals surface area (Å²) in [7, 11) is 0. The number of aromatic nitrogens is 2. The third-order valence-electron chi connectivity index (χ3n) is 3.27. The van der Waals surface area contributed by atoms with Gasteiger partial charge in [0.2, 0.25) is 5.88 Å². The van der Waals surface area contributed by atoms with Crippen molar-refractivity contribution in [1.29, 1.82) is 0 Å². The molecule has 1 aliphatic carbocycles. The molecule has 0 aromatic carbocycles. The van der Waals surface area contributed by atoms with Gasteiger partial charge < -0.3 is 9.47 Å². The first kappa shape index (κ1) is 13.9. The molecule has 5 heteroatoms. The minimum atomic E-state index is -0.524. The molecule has 0 radical (unpaired) electrons. The van der Waals surface area contributed by atoms with Crippen molar-refractivity contribution in [2.75, 3.05) is 6.61 Å². The summed E-state index contributed by atoms with van der Waals surface area (Å²) in [5.41, 5.74) is -0.251. The van der Waals surface area contributed by atoms with Crippen molar-refractivity contribution in [1.82, 2.24) is 9.78 Å². The minimum Gasteiger partial charge on any atom is -0.476 e. The molecule has 0 unspecified atom stereocenters. The van der Waals surface area contributed by atoms with Gasteiger partial charge in [-0.05, 0) is 33.6 Å². The van der Waals surface area contributed by atoms with Gasteiger partial charge in [0, 0.05) is 17.7 Å². The minimum absolute atomic E-state index is 0.274. The van der Waals surface area contributed by atoms with Crippen LogP contribution in [0.3, 0.4) is 0 Å². The van der Waals surface area contributed by atoms with Crippen LogP contribution >= 0.6 is 0 Å². The second kappa shape index (κ2) is 4.87. The predicted octanol–water partition coefficient (Wildman–Crippen LogP) is 3.24. The van der Waals surface area contributed by atoms with E-state index in [4.69, 9.17) is 9.47 Å². The van der Waals surface area contributed by atoms with Crippen molar-refractivity contribution in [3.63, 3.8) is 0 Å². The molecule has 0 aliphatic heterocycles. The Morgan fingerprint density at radius 3 is 2.68 bits per heavy atom. The molecule has 0 atom stereocenters. The first-order valence-corrected chi connectivity index (χ1v) is 6.69. The Labute approximate surface area is 113 Å². The van der Waals surface area contributed by atoms with E-state index >= 15 is 0 Å². The summed E-state index contributed by atoms with van der Waals surface area (Å²) in [6.45, 7) is 8.33. The summed E-state index contributed by atoms with van der Waals surface area (Å²) in [4.78, 5) is 11.8. The first-order chi connectivity index (χ1) is 8.77. The molecule has 1 aromatic heterocycles. The highest BCUT2D eigenvalue weighted by Gasteiger charge is 2.32. The van der Waals surface area contributed by atoms with E-state index in [0.717, 1.165) is 0 Å². The first-order valence-electron chi connectivity index (χ1n) is 6.69. The molecule has 2 rings (SSSR count). The smallest absolute Gasteiger partial charge is 0.435 e. The maximum atomic E-state index is 11.8. The van der Waals surface area contributed by atoms with E-state index in [1.54, 1.807) is 12.3 Å². The Morgan fingerprint density at radius 1 is 1.47 bits per heavy atom. The maximum Gasteiger partial charge on any atom is 0.435 e. The van der Waals surface area contributed by atoms with Gasteiger partial charge in [-0.1, -0.05) is 13.3 Å². The molecule has 0 N–H and O–H groups in total. The lowest BCUT2D eigenvalue weighted by Crippen LogP contribution is -2.32. The summed E-state index contributed by atoms with van der Waals surface area (Å²) in [6.07, 6.45) is 4.73. The molecule has 1 fully saturated rings. The summed E-state index contributed by atoms with van der Waals surface area (Å²) in [6, 6.07) is 1.69. The molecule has 1 saturated carbocycles. The van der Waals surface area contributed by atoms with Gasteiger partial charge in [0.1, 0.15) is 5.60 Å². The van der Waals surface area contributed by atoms with E-state index in [-0.39, 0.29) is 5.41 Å². The molecule has 5 nitrogen and oxygen atoms in total. The van der Waals surface area contributed by atoms with Crippen LogP contribution in [0.15, 0.2) is 12.3 Å².